The molecule has 9 nitrogen and oxygen atoms in total. The van der Waals surface area contributed by atoms with Crippen LogP contribution in [0.1, 0.15) is 0 Å². The van der Waals surface area contributed by atoms with E-state index in [0.717, 1.165) is 0 Å². The summed E-state index contributed by atoms with van der Waals surface area (Å²) in [7, 11) is 0. The van der Waals surface area contributed by atoms with Crippen LogP contribution in [0.25, 0.3) is 10.9 Å². The number of hydrogen-bond acceptors (Lipinski definition) is 8. The Morgan fingerprint density at radius 2 is 1.77 bits per heavy atom. The summed E-state index contributed by atoms with van der Waals surface area (Å²) < 4.78 is 48.8. The average molecular weight is 489 g/mol. The quantitative estimate of drug-likeness (QED) is 0.481. The number of carbonyl (C=O) groups is 1. The molecule has 2 aromatic carbocycles. The van der Waals surface area contributed by atoms with Gasteiger partial charge in [-0.3, -0.25) is 4.79 Å². The molecule has 1 aromatic heterocycles. The van der Waals surface area contributed by atoms with E-state index < -0.39 is 12.1 Å². The first-order valence-electron chi connectivity index (χ1n) is 10.6. The number of halogens is 3. The topological polar surface area (TPSA) is 100 Å². The molecule has 3 aromatic rings. The second kappa shape index (κ2) is 10.2. The highest BCUT2D eigenvalue weighted by molar-refractivity contribution is 5.94. The molecule has 1 fully saturated rings. The molecule has 4 rings (SSSR count). The van der Waals surface area contributed by atoms with Crippen molar-refractivity contribution in [2.45, 2.75) is 6.18 Å². The number of nitrogens with one attached hydrogen (secondary N) is 1. The van der Waals surface area contributed by atoms with E-state index in [9.17, 15) is 23.2 Å². The van der Waals surface area contributed by atoms with Gasteiger partial charge in [0.2, 0.25) is 11.8 Å². The lowest BCUT2D eigenvalue weighted by Gasteiger charge is -2.31. The monoisotopic (exact) mass is 489 g/mol. The van der Waals surface area contributed by atoms with Crippen LogP contribution in [0.2, 0.25) is 0 Å². The maximum Gasteiger partial charge on any atom is 0.471 e. The summed E-state index contributed by atoms with van der Waals surface area (Å²) in [5, 5.41) is 13.2. The van der Waals surface area contributed by atoms with Crippen LogP contribution < -0.4 is 19.7 Å². The zero-order valence-corrected chi connectivity index (χ0v) is 18.5. The summed E-state index contributed by atoms with van der Waals surface area (Å²) in [6, 6.07) is 10.6. The molecule has 35 heavy (non-hydrogen) atoms. The van der Waals surface area contributed by atoms with Crippen molar-refractivity contribution in [3.63, 3.8) is 0 Å². The molecule has 1 saturated heterocycles. The molecule has 2 heterocycles. The number of anilines is 2. The number of ether oxygens (including phenoxy) is 2. The Bertz CT molecular complexity index is 1210. The van der Waals surface area contributed by atoms with E-state index >= 15 is 0 Å². The molecule has 0 atom stereocenters. The molecule has 1 aliphatic rings. The Morgan fingerprint density at radius 3 is 2.43 bits per heavy atom. The van der Waals surface area contributed by atoms with E-state index in [0.29, 0.717) is 60.4 Å². The first-order valence-corrected chi connectivity index (χ1v) is 10.6. The normalized spacial score (nSPS) is 14.6. The molecular formula is C23H22F3N5O4. The van der Waals surface area contributed by atoms with Crippen molar-refractivity contribution in [2.24, 2.45) is 0 Å². The van der Waals surface area contributed by atoms with Gasteiger partial charge in [0, 0.05) is 31.9 Å². The third-order valence-electron chi connectivity index (χ3n) is 5.10. The second-order valence-electron chi connectivity index (χ2n) is 7.63. The minimum atomic E-state index is -4.97. The molecular weight excluding hydrogens is 467 g/mol. The van der Waals surface area contributed by atoms with Gasteiger partial charge in [0.05, 0.1) is 10.9 Å². The number of aromatic nitrogens is 2. The fourth-order valence-corrected chi connectivity index (χ4v) is 3.36. The zero-order valence-electron chi connectivity index (χ0n) is 18.5. The van der Waals surface area contributed by atoms with Crippen LogP contribution >= 0.6 is 0 Å². The number of fused-ring (bicyclic) bond motifs is 1. The van der Waals surface area contributed by atoms with Crippen molar-refractivity contribution in [2.75, 3.05) is 43.0 Å². The zero-order chi connectivity index (χ0) is 25.0. The first kappa shape index (κ1) is 24.2. The van der Waals surface area contributed by atoms with Crippen molar-refractivity contribution in [3.8, 4) is 17.4 Å². The number of carbonyl (C=O) groups excluding carboxylic acids is 1. The lowest BCUT2D eigenvalue weighted by atomic mass is 10.2. The minimum Gasteiger partial charge on any atom is -0.473 e. The van der Waals surface area contributed by atoms with Crippen LogP contribution in [0.15, 0.2) is 55.1 Å². The van der Waals surface area contributed by atoms with E-state index in [1.807, 2.05) is 4.90 Å². The SMILES string of the molecule is C=CCOc1nc(N2CCN(O)CC2)nc2ccc(Oc3ccc(NC(=O)C(F)(F)F)cc3)cc12. The Kier molecular flexibility index (Phi) is 7.03. The Morgan fingerprint density at radius 1 is 1.09 bits per heavy atom. The van der Waals surface area contributed by atoms with Crippen molar-refractivity contribution >= 4 is 28.4 Å². The standard InChI is InChI=1S/C23H22F3N5O4/c1-2-13-34-20-18-14-17(35-16-5-3-15(4-6-16)27-21(32)23(24,25)26)7-8-19(18)28-22(29-20)30-9-11-31(33)12-10-30/h2-8,14,33H,1,9-13H2,(H,27,32). The Labute approximate surface area is 198 Å². The predicted octanol–water partition coefficient (Wildman–Crippen LogP) is 4.00. The van der Waals surface area contributed by atoms with Gasteiger partial charge in [0.15, 0.2) is 0 Å². The summed E-state index contributed by atoms with van der Waals surface area (Å²) in [4.78, 5) is 22.2. The molecule has 12 heteroatoms. The predicted molar refractivity (Wildman–Crippen MR) is 122 cm³/mol. The van der Waals surface area contributed by atoms with Crippen molar-refractivity contribution in [1.82, 2.24) is 15.0 Å². The summed E-state index contributed by atoms with van der Waals surface area (Å²) in [6.07, 6.45) is -3.38. The summed E-state index contributed by atoms with van der Waals surface area (Å²) in [5.41, 5.74) is 0.610. The lowest BCUT2D eigenvalue weighted by molar-refractivity contribution is -0.167. The van der Waals surface area contributed by atoms with Gasteiger partial charge in [-0.05, 0) is 42.5 Å². The van der Waals surface area contributed by atoms with Crippen LogP contribution in [0.4, 0.5) is 24.8 Å². The molecule has 0 radical (unpaired) electrons. The number of rotatable bonds is 7. The highest BCUT2D eigenvalue weighted by Crippen LogP contribution is 2.32. The Hall–Kier alpha value is -3.90. The third-order valence-corrected chi connectivity index (χ3v) is 5.10. The molecule has 2 N–H and O–H groups in total. The number of hydroxylamine groups is 2. The average Bonchev–Trinajstić information content (AvgIpc) is 2.83. The summed E-state index contributed by atoms with van der Waals surface area (Å²) >= 11 is 0. The number of hydrogen-bond donors (Lipinski definition) is 2. The van der Waals surface area contributed by atoms with E-state index in [-0.39, 0.29) is 12.3 Å². The second-order valence-corrected chi connectivity index (χ2v) is 7.63. The van der Waals surface area contributed by atoms with E-state index in [2.05, 4.69) is 16.5 Å². The molecule has 1 aliphatic heterocycles. The molecule has 0 aliphatic carbocycles. The van der Waals surface area contributed by atoms with Gasteiger partial charge in [0.25, 0.3) is 0 Å². The third kappa shape index (κ3) is 5.97. The fraction of sp³-hybridized carbons (Fsp3) is 0.261. The van der Waals surface area contributed by atoms with Crippen molar-refractivity contribution in [1.29, 1.82) is 0 Å². The van der Waals surface area contributed by atoms with Crippen LogP contribution in [-0.2, 0) is 4.79 Å². The number of alkyl halides is 3. The molecule has 184 valence electrons. The van der Waals surface area contributed by atoms with E-state index in [4.69, 9.17) is 9.47 Å². The fourth-order valence-electron chi connectivity index (χ4n) is 3.36. The maximum atomic E-state index is 12.4. The number of benzene rings is 2. The molecule has 0 saturated carbocycles. The van der Waals surface area contributed by atoms with Gasteiger partial charge >= 0.3 is 12.1 Å². The molecule has 0 bridgehead atoms. The van der Waals surface area contributed by atoms with Gasteiger partial charge in [-0.15, -0.1) is 0 Å². The minimum absolute atomic E-state index is 0.0127. The van der Waals surface area contributed by atoms with Gasteiger partial charge < -0.3 is 24.9 Å². The van der Waals surface area contributed by atoms with Gasteiger partial charge in [-0.25, -0.2) is 4.98 Å². The molecule has 0 spiro atoms. The smallest absolute Gasteiger partial charge is 0.471 e. The van der Waals surface area contributed by atoms with E-state index in [1.54, 1.807) is 29.6 Å². The highest BCUT2D eigenvalue weighted by atomic mass is 19.4. The van der Waals surface area contributed by atoms with Crippen molar-refractivity contribution < 1.29 is 32.6 Å². The summed E-state index contributed by atoms with van der Waals surface area (Å²) in [6.45, 7) is 5.95. The van der Waals surface area contributed by atoms with Gasteiger partial charge in [-0.1, -0.05) is 12.7 Å². The molecule has 0 unspecified atom stereocenters. The van der Waals surface area contributed by atoms with Crippen LogP contribution in [0.3, 0.4) is 0 Å². The highest BCUT2D eigenvalue weighted by Gasteiger charge is 2.38. The largest absolute Gasteiger partial charge is 0.473 e. The number of piperazine rings is 1. The van der Waals surface area contributed by atoms with Crippen LogP contribution in [0, 0.1) is 0 Å². The van der Waals surface area contributed by atoms with Crippen LogP contribution in [0.5, 0.6) is 17.4 Å². The maximum absolute atomic E-state index is 12.4. The summed E-state index contributed by atoms with van der Waals surface area (Å²) in [5.74, 6) is -0.451. The Balaban J connectivity index is 1.55. The lowest BCUT2D eigenvalue weighted by Crippen LogP contribution is -2.45. The van der Waals surface area contributed by atoms with Gasteiger partial charge in [-0.2, -0.15) is 23.2 Å². The van der Waals surface area contributed by atoms with Gasteiger partial charge in [0.1, 0.15) is 18.1 Å². The number of amides is 1. The molecule has 1 amide bonds. The van der Waals surface area contributed by atoms with Crippen molar-refractivity contribution in [3.05, 3.63) is 55.1 Å². The van der Waals surface area contributed by atoms with Crippen LogP contribution in [-0.4, -0.2) is 65.1 Å². The first-order chi connectivity index (χ1) is 16.7. The number of nitrogens with zero attached hydrogens (tertiary/aromatic N) is 4. The van der Waals surface area contributed by atoms with E-state index in [1.165, 1.54) is 29.3 Å².